The van der Waals surface area contributed by atoms with Crippen LogP contribution < -0.4 is 5.32 Å². The average Bonchev–Trinajstić information content (AvgIpc) is 2.39. The van der Waals surface area contributed by atoms with Gasteiger partial charge in [0, 0.05) is 24.7 Å². The lowest BCUT2D eigenvalue weighted by Gasteiger charge is -2.16. The monoisotopic (exact) mass is 241 g/mol. The molecule has 1 aromatic heterocycles. The summed E-state index contributed by atoms with van der Waals surface area (Å²) in [4.78, 5) is 4.27. The third-order valence-electron chi connectivity index (χ3n) is 2.70. The van der Waals surface area contributed by atoms with Crippen LogP contribution in [0.5, 0.6) is 0 Å². The Hall–Kier alpha value is -2.12. The van der Waals surface area contributed by atoms with Gasteiger partial charge in [-0.15, -0.1) is 0 Å². The standard InChI is InChI=1S/C14H15N3O/c1-10(9-18-2)17-14-11(7-15)8-16-13-6-4-3-5-12(13)14/h3-6,8,10H,9H2,1-2H3,(H,16,17). The van der Waals surface area contributed by atoms with E-state index < -0.39 is 0 Å². The number of fused-ring (bicyclic) bond motifs is 1. The molecule has 0 aliphatic heterocycles. The molecule has 0 saturated carbocycles. The zero-order chi connectivity index (χ0) is 13.0. The molecule has 0 radical (unpaired) electrons. The van der Waals surface area contributed by atoms with Gasteiger partial charge in [0.25, 0.3) is 0 Å². The van der Waals surface area contributed by atoms with E-state index in [1.165, 1.54) is 0 Å². The molecule has 0 aliphatic rings. The molecule has 1 heterocycles. The van der Waals surface area contributed by atoms with E-state index in [4.69, 9.17) is 10.00 Å². The number of aromatic nitrogens is 1. The van der Waals surface area contributed by atoms with Gasteiger partial charge in [0.15, 0.2) is 0 Å². The third-order valence-corrected chi connectivity index (χ3v) is 2.70. The quantitative estimate of drug-likeness (QED) is 0.893. The number of methoxy groups -OCH3 is 1. The van der Waals surface area contributed by atoms with Gasteiger partial charge in [0.1, 0.15) is 6.07 Å². The molecule has 92 valence electrons. The fraction of sp³-hybridized carbons (Fsp3) is 0.286. The van der Waals surface area contributed by atoms with E-state index in [1.54, 1.807) is 13.3 Å². The normalized spacial score (nSPS) is 12.1. The highest BCUT2D eigenvalue weighted by Gasteiger charge is 2.10. The third kappa shape index (κ3) is 2.41. The summed E-state index contributed by atoms with van der Waals surface area (Å²) in [5.74, 6) is 0. The first-order valence-electron chi connectivity index (χ1n) is 5.79. The molecule has 18 heavy (non-hydrogen) atoms. The summed E-state index contributed by atoms with van der Waals surface area (Å²) in [6, 6.07) is 10.1. The van der Waals surface area contributed by atoms with Gasteiger partial charge in [-0.1, -0.05) is 18.2 Å². The molecule has 4 nitrogen and oxygen atoms in total. The van der Waals surface area contributed by atoms with Crippen molar-refractivity contribution in [1.82, 2.24) is 4.98 Å². The second kappa shape index (κ2) is 5.48. The second-order valence-corrected chi connectivity index (χ2v) is 4.18. The van der Waals surface area contributed by atoms with Crippen molar-refractivity contribution in [1.29, 1.82) is 5.26 Å². The summed E-state index contributed by atoms with van der Waals surface area (Å²) < 4.78 is 5.10. The Morgan fingerprint density at radius 2 is 2.22 bits per heavy atom. The van der Waals surface area contributed by atoms with E-state index in [1.807, 2.05) is 31.2 Å². The van der Waals surface area contributed by atoms with E-state index in [0.717, 1.165) is 16.6 Å². The number of rotatable bonds is 4. The molecule has 0 fully saturated rings. The zero-order valence-electron chi connectivity index (χ0n) is 10.5. The smallest absolute Gasteiger partial charge is 0.103 e. The van der Waals surface area contributed by atoms with E-state index in [0.29, 0.717) is 12.2 Å². The Morgan fingerprint density at radius 1 is 1.44 bits per heavy atom. The SMILES string of the molecule is COCC(C)Nc1c(C#N)cnc2ccccc12. The molecule has 2 aromatic rings. The van der Waals surface area contributed by atoms with Crippen LogP contribution in [0.25, 0.3) is 10.9 Å². The number of ether oxygens (including phenoxy) is 1. The minimum Gasteiger partial charge on any atom is -0.383 e. The number of nitrogens with one attached hydrogen (secondary N) is 1. The van der Waals surface area contributed by atoms with Crippen LogP contribution in [0, 0.1) is 11.3 Å². The van der Waals surface area contributed by atoms with E-state index in [9.17, 15) is 0 Å². The first kappa shape index (κ1) is 12.3. The van der Waals surface area contributed by atoms with Gasteiger partial charge in [-0.2, -0.15) is 5.26 Å². The number of benzene rings is 1. The molecule has 2 rings (SSSR count). The predicted molar refractivity (Wildman–Crippen MR) is 71.4 cm³/mol. The maximum atomic E-state index is 9.16. The van der Waals surface area contributed by atoms with Crippen molar-refractivity contribution < 1.29 is 4.74 Å². The van der Waals surface area contributed by atoms with Crippen LogP contribution in [0.2, 0.25) is 0 Å². The average molecular weight is 241 g/mol. The summed E-state index contributed by atoms with van der Waals surface area (Å²) >= 11 is 0. The molecule has 0 amide bonds. The molecule has 0 aliphatic carbocycles. The summed E-state index contributed by atoms with van der Waals surface area (Å²) in [7, 11) is 1.66. The van der Waals surface area contributed by atoms with Crippen LogP contribution in [0.3, 0.4) is 0 Å². The van der Waals surface area contributed by atoms with Crippen LogP contribution in [0.4, 0.5) is 5.69 Å². The Bertz CT molecular complexity index is 589. The van der Waals surface area contributed by atoms with Crippen molar-refractivity contribution in [2.75, 3.05) is 19.0 Å². The summed E-state index contributed by atoms with van der Waals surface area (Å²) in [5.41, 5.74) is 2.26. The largest absolute Gasteiger partial charge is 0.383 e. The fourth-order valence-corrected chi connectivity index (χ4v) is 1.92. The maximum absolute atomic E-state index is 9.16. The molecular weight excluding hydrogens is 226 g/mol. The van der Waals surface area contributed by atoms with E-state index in [2.05, 4.69) is 16.4 Å². The first-order chi connectivity index (χ1) is 8.76. The second-order valence-electron chi connectivity index (χ2n) is 4.18. The molecule has 1 atom stereocenters. The Kier molecular flexibility index (Phi) is 3.75. The summed E-state index contributed by atoms with van der Waals surface area (Å²) in [6.07, 6.45) is 1.60. The van der Waals surface area contributed by atoms with Gasteiger partial charge < -0.3 is 10.1 Å². The number of nitrogens with zero attached hydrogens (tertiary/aromatic N) is 2. The van der Waals surface area contributed by atoms with Gasteiger partial charge in [-0.25, -0.2) is 0 Å². The summed E-state index contributed by atoms with van der Waals surface area (Å²) in [5, 5.41) is 13.4. The van der Waals surface area contributed by atoms with Gasteiger partial charge in [-0.3, -0.25) is 4.98 Å². The van der Waals surface area contributed by atoms with Crippen LogP contribution in [0.1, 0.15) is 12.5 Å². The zero-order valence-corrected chi connectivity index (χ0v) is 10.5. The Morgan fingerprint density at radius 3 is 2.94 bits per heavy atom. The lowest BCUT2D eigenvalue weighted by Crippen LogP contribution is -2.21. The van der Waals surface area contributed by atoms with E-state index in [-0.39, 0.29) is 6.04 Å². The van der Waals surface area contributed by atoms with Gasteiger partial charge in [0.05, 0.1) is 23.4 Å². The number of hydrogen-bond acceptors (Lipinski definition) is 4. The molecule has 0 saturated heterocycles. The van der Waals surface area contributed by atoms with Gasteiger partial charge in [0.2, 0.25) is 0 Å². The Labute approximate surface area is 106 Å². The van der Waals surface area contributed by atoms with Crippen molar-refractivity contribution in [3.63, 3.8) is 0 Å². The fourth-order valence-electron chi connectivity index (χ4n) is 1.92. The molecule has 1 unspecified atom stereocenters. The number of anilines is 1. The topological polar surface area (TPSA) is 57.9 Å². The van der Waals surface area contributed by atoms with Gasteiger partial charge in [-0.05, 0) is 13.0 Å². The number of pyridine rings is 1. The highest BCUT2D eigenvalue weighted by molar-refractivity contribution is 5.93. The first-order valence-corrected chi connectivity index (χ1v) is 5.79. The number of nitriles is 1. The highest BCUT2D eigenvalue weighted by atomic mass is 16.5. The van der Waals surface area contributed by atoms with Crippen molar-refractivity contribution in [3.05, 3.63) is 36.0 Å². The number of para-hydroxylation sites is 1. The van der Waals surface area contributed by atoms with Crippen molar-refractivity contribution in [2.24, 2.45) is 0 Å². The molecule has 1 N–H and O–H groups in total. The highest BCUT2D eigenvalue weighted by Crippen LogP contribution is 2.25. The van der Waals surface area contributed by atoms with Crippen molar-refractivity contribution in [2.45, 2.75) is 13.0 Å². The maximum Gasteiger partial charge on any atom is 0.103 e. The van der Waals surface area contributed by atoms with Crippen molar-refractivity contribution >= 4 is 16.6 Å². The van der Waals surface area contributed by atoms with E-state index >= 15 is 0 Å². The molecular formula is C14H15N3O. The van der Waals surface area contributed by atoms with Crippen LogP contribution >= 0.6 is 0 Å². The predicted octanol–water partition coefficient (Wildman–Crippen LogP) is 2.55. The lowest BCUT2D eigenvalue weighted by atomic mass is 10.1. The summed E-state index contributed by atoms with van der Waals surface area (Å²) in [6.45, 7) is 2.60. The minimum atomic E-state index is 0.132. The van der Waals surface area contributed by atoms with Crippen molar-refractivity contribution in [3.8, 4) is 6.07 Å². The van der Waals surface area contributed by atoms with Crippen LogP contribution in [0.15, 0.2) is 30.5 Å². The number of hydrogen-bond donors (Lipinski definition) is 1. The molecule has 4 heteroatoms. The molecule has 0 bridgehead atoms. The lowest BCUT2D eigenvalue weighted by molar-refractivity contribution is 0.190. The Balaban J connectivity index is 2.48. The van der Waals surface area contributed by atoms with Crippen LogP contribution in [-0.4, -0.2) is 24.7 Å². The van der Waals surface area contributed by atoms with Crippen LogP contribution in [-0.2, 0) is 4.74 Å². The molecule has 0 spiro atoms. The molecule has 1 aromatic carbocycles. The van der Waals surface area contributed by atoms with Gasteiger partial charge >= 0.3 is 0 Å². The minimum absolute atomic E-state index is 0.132.